The molecule has 1 fully saturated rings. The lowest BCUT2D eigenvalue weighted by Crippen LogP contribution is -2.30. The summed E-state index contributed by atoms with van der Waals surface area (Å²) in [6.45, 7) is 1.64. The molecule has 2 rings (SSSR count). The maximum Gasteiger partial charge on any atom is 0.319 e. The molecule has 0 bridgehead atoms. The highest BCUT2D eigenvalue weighted by atomic mass is 16.6. The number of nitrogens with one attached hydrogen (secondary N) is 2. The maximum absolute atomic E-state index is 11.4. The molecule has 1 saturated carbocycles. The van der Waals surface area contributed by atoms with Crippen LogP contribution in [0.4, 0.5) is 16.2 Å². The summed E-state index contributed by atoms with van der Waals surface area (Å²) in [7, 11) is 0. The third kappa shape index (κ3) is 2.93. The van der Waals surface area contributed by atoms with Crippen LogP contribution in [-0.4, -0.2) is 17.0 Å². The van der Waals surface area contributed by atoms with Crippen molar-refractivity contribution in [2.24, 2.45) is 0 Å². The van der Waals surface area contributed by atoms with Crippen LogP contribution in [0.3, 0.4) is 0 Å². The lowest BCUT2D eigenvalue weighted by molar-refractivity contribution is -0.385. The SMILES string of the molecule is Cc1cc(NC(=O)NC2CC2)ccc1[N+](=O)[O-]. The van der Waals surface area contributed by atoms with Crippen LogP contribution >= 0.6 is 0 Å². The number of benzene rings is 1. The van der Waals surface area contributed by atoms with Crippen molar-refractivity contribution in [3.63, 3.8) is 0 Å². The van der Waals surface area contributed by atoms with Gasteiger partial charge in [0.2, 0.25) is 0 Å². The van der Waals surface area contributed by atoms with Gasteiger partial charge in [-0.3, -0.25) is 10.1 Å². The van der Waals surface area contributed by atoms with Crippen molar-refractivity contribution >= 4 is 17.4 Å². The number of carbonyl (C=O) groups is 1. The van der Waals surface area contributed by atoms with Crippen LogP contribution in [0.2, 0.25) is 0 Å². The summed E-state index contributed by atoms with van der Waals surface area (Å²) in [5, 5.41) is 16.0. The van der Waals surface area contributed by atoms with E-state index in [9.17, 15) is 14.9 Å². The highest BCUT2D eigenvalue weighted by Gasteiger charge is 2.23. The number of nitrogens with zero attached hydrogens (tertiary/aromatic N) is 1. The number of rotatable bonds is 3. The molecule has 90 valence electrons. The lowest BCUT2D eigenvalue weighted by Gasteiger charge is -2.07. The summed E-state index contributed by atoms with van der Waals surface area (Å²) in [6.07, 6.45) is 2.04. The fourth-order valence-corrected chi connectivity index (χ4v) is 1.52. The predicted octanol–water partition coefficient (Wildman–Crippen LogP) is 2.19. The Labute approximate surface area is 98.2 Å². The molecule has 6 heteroatoms. The molecule has 0 atom stereocenters. The molecule has 0 unspecified atom stereocenters. The summed E-state index contributed by atoms with van der Waals surface area (Å²) in [5.74, 6) is 0. The van der Waals surface area contributed by atoms with E-state index in [0.717, 1.165) is 12.8 Å². The lowest BCUT2D eigenvalue weighted by atomic mass is 10.2. The average molecular weight is 235 g/mol. The Kier molecular flexibility index (Phi) is 2.95. The van der Waals surface area contributed by atoms with Crippen LogP contribution in [0.15, 0.2) is 18.2 Å². The van der Waals surface area contributed by atoms with E-state index >= 15 is 0 Å². The molecule has 6 nitrogen and oxygen atoms in total. The smallest absolute Gasteiger partial charge is 0.319 e. The minimum Gasteiger partial charge on any atom is -0.335 e. The number of carbonyl (C=O) groups excluding carboxylic acids is 1. The molecule has 0 saturated heterocycles. The molecule has 0 heterocycles. The van der Waals surface area contributed by atoms with E-state index < -0.39 is 4.92 Å². The van der Waals surface area contributed by atoms with Gasteiger partial charge < -0.3 is 10.6 Å². The molecule has 2 N–H and O–H groups in total. The molecular formula is C11H13N3O3. The molecule has 1 aliphatic rings. The van der Waals surface area contributed by atoms with Gasteiger partial charge in [0.05, 0.1) is 4.92 Å². The number of urea groups is 1. The third-order valence-corrected chi connectivity index (χ3v) is 2.56. The molecule has 1 aromatic rings. The van der Waals surface area contributed by atoms with Gasteiger partial charge in [0, 0.05) is 23.4 Å². The number of anilines is 1. The first-order valence-electron chi connectivity index (χ1n) is 5.39. The standard InChI is InChI=1S/C11H13N3O3/c1-7-6-9(4-5-10(7)14(16)17)13-11(15)12-8-2-3-8/h4-6,8H,2-3H2,1H3,(H2,12,13,15). The Morgan fingerprint density at radius 2 is 2.18 bits per heavy atom. The van der Waals surface area contributed by atoms with Crippen molar-refractivity contribution < 1.29 is 9.72 Å². The van der Waals surface area contributed by atoms with Crippen LogP contribution in [0.5, 0.6) is 0 Å². The maximum atomic E-state index is 11.4. The molecule has 17 heavy (non-hydrogen) atoms. The molecule has 0 radical (unpaired) electrons. The van der Waals surface area contributed by atoms with Gasteiger partial charge in [0.1, 0.15) is 0 Å². The van der Waals surface area contributed by atoms with E-state index in [-0.39, 0.29) is 17.8 Å². The van der Waals surface area contributed by atoms with Crippen LogP contribution in [0.25, 0.3) is 0 Å². The summed E-state index contributed by atoms with van der Waals surface area (Å²) in [5.41, 5.74) is 1.14. The van der Waals surface area contributed by atoms with E-state index in [0.29, 0.717) is 11.3 Å². The number of hydrogen-bond donors (Lipinski definition) is 2. The van der Waals surface area contributed by atoms with Crippen molar-refractivity contribution in [2.75, 3.05) is 5.32 Å². The summed E-state index contributed by atoms with van der Waals surface area (Å²) < 4.78 is 0. The number of aryl methyl sites for hydroxylation is 1. The van der Waals surface area contributed by atoms with Gasteiger partial charge in [0.15, 0.2) is 0 Å². The van der Waals surface area contributed by atoms with Crippen molar-refractivity contribution in [3.8, 4) is 0 Å². The second-order valence-corrected chi connectivity index (χ2v) is 4.13. The van der Waals surface area contributed by atoms with Crippen LogP contribution in [0.1, 0.15) is 18.4 Å². The molecule has 2 amide bonds. The third-order valence-electron chi connectivity index (χ3n) is 2.56. The van der Waals surface area contributed by atoms with Crippen molar-refractivity contribution in [1.82, 2.24) is 5.32 Å². The van der Waals surface area contributed by atoms with Gasteiger partial charge in [-0.1, -0.05) is 0 Å². The van der Waals surface area contributed by atoms with Crippen molar-refractivity contribution in [2.45, 2.75) is 25.8 Å². The molecule has 0 spiro atoms. The number of hydrogen-bond acceptors (Lipinski definition) is 3. The zero-order valence-electron chi connectivity index (χ0n) is 9.40. The topological polar surface area (TPSA) is 84.3 Å². The fraction of sp³-hybridized carbons (Fsp3) is 0.364. The number of nitro groups is 1. The van der Waals surface area contributed by atoms with E-state index in [2.05, 4.69) is 10.6 Å². The van der Waals surface area contributed by atoms with Crippen molar-refractivity contribution in [1.29, 1.82) is 0 Å². The minimum atomic E-state index is -0.441. The highest BCUT2D eigenvalue weighted by Crippen LogP contribution is 2.22. The van der Waals surface area contributed by atoms with E-state index in [1.165, 1.54) is 12.1 Å². The number of nitro benzene ring substituents is 1. The molecule has 0 aliphatic heterocycles. The Bertz CT molecular complexity index is 469. The van der Waals surface area contributed by atoms with Gasteiger partial charge in [-0.15, -0.1) is 0 Å². The highest BCUT2D eigenvalue weighted by molar-refractivity contribution is 5.89. The zero-order chi connectivity index (χ0) is 12.4. The van der Waals surface area contributed by atoms with Crippen molar-refractivity contribution in [3.05, 3.63) is 33.9 Å². The summed E-state index contributed by atoms with van der Waals surface area (Å²) in [4.78, 5) is 21.6. The van der Waals surface area contributed by atoms with Gasteiger partial charge in [-0.2, -0.15) is 0 Å². The molecular weight excluding hydrogens is 222 g/mol. The second kappa shape index (κ2) is 4.40. The van der Waals surface area contributed by atoms with Gasteiger partial charge in [-0.25, -0.2) is 4.79 Å². The van der Waals surface area contributed by atoms with Crippen LogP contribution < -0.4 is 10.6 Å². The molecule has 1 aromatic carbocycles. The van der Waals surface area contributed by atoms with E-state index in [1.807, 2.05) is 0 Å². The fourth-order valence-electron chi connectivity index (χ4n) is 1.52. The first-order chi connectivity index (χ1) is 8.06. The molecule has 0 aromatic heterocycles. The normalized spacial score (nSPS) is 14.2. The van der Waals surface area contributed by atoms with Gasteiger partial charge >= 0.3 is 6.03 Å². The largest absolute Gasteiger partial charge is 0.335 e. The summed E-state index contributed by atoms with van der Waals surface area (Å²) >= 11 is 0. The Balaban J connectivity index is 2.03. The Hall–Kier alpha value is -2.11. The van der Waals surface area contributed by atoms with Crippen LogP contribution in [-0.2, 0) is 0 Å². The van der Waals surface area contributed by atoms with Crippen LogP contribution in [0, 0.1) is 17.0 Å². The number of amides is 2. The Morgan fingerprint density at radius 3 is 2.71 bits per heavy atom. The first kappa shape index (κ1) is 11.4. The zero-order valence-corrected chi connectivity index (χ0v) is 9.40. The van der Waals surface area contributed by atoms with Gasteiger partial charge in [0.25, 0.3) is 5.69 Å². The van der Waals surface area contributed by atoms with Gasteiger partial charge in [-0.05, 0) is 31.9 Å². The predicted molar refractivity (Wildman–Crippen MR) is 63.0 cm³/mol. The first-order valence-corrected chi connectivity index (χ1v) is 5.39. The second-order valence-electron chi connectivity index (χ2n) is 4.13. The molecule has 1 aliphatic carbocycles. The minimum absolute atomic E-state index is 0.0538. The monoisotopic (exact) mass is 235 g/mol. The summed E-state index contributed by atoms with van der Waals surface area (Å²) in [6, 6.07) is 4.53. The van der Waals surface area contributed by atoms with E-state index in [1.54, 1.807) is 13.0 Å². The quantitative estimate of drug-likeness (QED) is 0.622. The Morgan fingerprint density at radius 1 is 1.47 bits per heavy atom. The van der Waals surface area contributed by atoms with E-state index in [4.69, 9.17) is 0 Å². The average Bonchev–Trinajstić information content (AvgIpc) is 3.00.